The van der Waals surface area contributed by atoms with Crippen molar-refractivity contribution in [1.29, 1.82) is 0 Å². The second kappa shape index (κ2) is 14.1. The Hall–Kier alpha value is -2.65. The maximum atomic E-state index is 12.6. The second-order valence-electron chi connectivity index (χ2n) is 11.2. The molecule has 11 heteroatoms. The van der Waals surface area contributed by atoms with Crippen LogP contribution in [-0.4, -0.2) is 63.4 Å². The predicted octanol–water partition coefficient (Wildman–Crippen LogP) is 2.22. The molecule has 0 bridgehead atoms. The van der Waals surface area contributed by atoms with Crippen LogP contribution in [0.2, 0.25) is 0 Å². The summed E-state index contributed by atoms with van der Waals surface area (Å²) >= 11 is 0. The molecule has 1 aromatic carbocycles. The van der Waals surface area contributed by atoms with Crippen LogP contribution in [-0.2, 0) is 30.5 Å². The predicted molar refractivity (Wildman–Crippen MR) is 147 cm³/mol. The fourth-order valence-corrected chi connectivity index (χ4v) is 5.72. The summed E-state index contributed by atoms with van der Waals surface area (Å²) in [6, 6.07) is 6.45. The Kier molecular flexibility index (Phi) is 10.6. The van der Waals surface area contributed by atoms with Gasteiger partial charge in [0.05, 0.1) is 31.6 Å². The highest BCUT2D eigenvalue weighted by molar-refractivity contribution is 6.65. The third kappa shape index (κ3) is 8.93. The Balaban J connectivity index is 0.000000202. The molecule has 4 aliphatic carbocycles. The number of nitrogens with one attached hydrogen (secondary N) is 2. The Morgan fingerprint density at radius 2 is 1.28 bits per heavy atom. The van der Waals surface area contributed by atoms with E-state index in [0.29, 0.717) is 36.0 Å². The van der Waals surface area contributed by atoms with E-state index in [9.17, 15) is 19.2 Å². The molecule has 2 atom stereocenters. The number of hydrogen-bond acceptors (Lipinski definition) is 8. The summed E-state index contributed by atoms with van der Waals surface area (Å²) in [6.07, 6.45) is 10.6. The van der Waals surface area contributed by atoms with E-state index in [1.165, 1.54) is 40.5 Å². The summed E-state index contributed by atoms with van der Waals surface area (Å²) in [5.41, 5.74) is 0.914. The van der Waals surface area contributed by atoms with E-state index in [-0.39, 0.29) is 24.4 Å². The van der Waals surface area contributed by atoms with Crippen molar-refractivity contribution in [3.63, 3.8) is 0 Å². The van der Waals surface area contributed by atoms with Crippen LogP contribution < -0.4 is 15.2 Å². The fourth-order valence-electron chi connectivity index (χ4n) is 5.72. The summed E-state index contributed by atoms with van der Waals surface area (Å²) < 4.78 is 10.6. The maximum Gasteiger partial charge on any atom is 0.322 e. The number of carbonyl (C=O) groups excluding carboxylic acids is 3. The van der Waals surface area contributed by atoms with Gasteiger partial charge in [0, 0.05) is 0 Å². The molecule has 1 aromatic rings. The molecule has 5 rings (SSSR count). The van der Waals surface area contributed by atoms with Crippen molar-refractivity contribution in [2.45, 2.75) is 70.1 Å². The zero-order chi connectivity index (χ0) is 27.8. The lowest BCUT2D eigenvalue weighted by molar-refractivity contribution is -0.149. The quantitative estimate of drug-likeness (QED) is 0.156. The van der Waals surface area contributed by atoms with Crippen molar-refractivity contribution in [3.05, 3.63) is 29.8 Å². The standard InChI is InChI=1S/C18H23BNO4.C10H15BNO3/c1-23-15-8-2-12(3-9-15)10-24-18(22)17(20-19-11-21)16(13-4-5-13)14-6-7-14;13-5-11-12-9(10(14)15)8(6-1-2-6)7-3-4-7/h2-3,8-9,11,13-14,16-17,20H,4-7,10H2,1H3;5-9,12H,1-4H2,(H,14,15)/t17-;9-/m00/s1. The zero-order valence-corrected chi connectivity index (χ0v) is 22.5. The summed E-state index contributed by atoms with van der Waals surface area (Å²) in [4.78, 5) is 44.6. The first-order valence-electron chi connectivity index (χ1n) is 14.0. The highest BCUT2D eigenvalue weighted by atomic mass is 16.5. The normalized spacial score (nSPS) is 19.8. The number of rotatable bonds is 17. The topological polar surface area (TPSA) is 131 Å². The van der Waals surface area contributed by atoms with Gasteiger partial charge in [-0.05, 0) is 105 Å². The summed E-state index contributed by atoms with van der Waals surface area (Å²) in [6.45, 7) is 0.226. The molecule has 2 radical (unpaired) electrons. The fraction of sp³-hybridized carbons (Fsp3) is 0.643. The molecule has 0 saturated heterocycles. The molecule has 0 aromatic heterocycles. The van der Waals surface area contributed by atoms with E-state index >= 15 is 0 Å². The van der Waals surface area contributed by atoms with Gasteiger partial charge in [-0.2, -0.15) is 0 Å². The minimum Gasteiger partial charge on any atom is -0.497 e. The largest absolute Gasteiger partial charge is 0.497 e. The lowest BCUT2D eigenvalue weighted by atomic mass is 9.85. The van der Waals surface area contributed by atoms with Crippen LogP contribution in [0, 0.1) is 35.5 Å². The van der Waals surface area contributed by atoms with Gasteiger partial charge in [0.1, 0.15) is 12.4 Å². The van der Waals surface area contributed by atoms with Gasteiger partial charge in [0.15, 0.2) is 0 Å². The number of carbonyl (C=O) groups is 4. The number of esters is 1. The molecule has 208 valence electrons. The van der Waals surface area contributed by atoms with Crippen LogP contribution in [0.4, 0.5) is 0 Å². The molecular formula is C28H38B2N2O7. The number of benzene rings is 1. The van der Waals surface area contributed by atoms with Gasteiger partial charge < -0.3 is 34.6 Å². The van der Waals surface area contributed by atoms with Crippen molar-refractivity contribution < 1.29 is 33.8 Å². The highest BCUT2D eigenvalue weighted by Crippen LogP contribution is 2.51. The van der Waals surface area contributed by atoms with Gasteiger partial charge in [0.25, 0.3) is 14.8 Å². The average Bonchev–Trinajstić information content (AvgIpc) is 3.78. The number of hydrogen-bond donors (Lipinski definition) is 3. The number of carboxylic acids is 1. The van der Waals surface area contributed by atoms with E-state index in [4.69, 9.17) is 14.6 Å². The van der Waals surface area contributed by atoms with Crippen molar-refractivity contribution in [1.82, 2.24) is 10.5 Å². The third-order valence-electron chi connectivity index (χ3n) is 8.18. The highest BCUT2D eigenvalue weighted by Gasteiger charge is 2.48. The van der Waals surface area contributed by atoms with Crippen molar-refractivity contribution in [3.8, 4) is 5.75 Å². The Bertz CT molecular complexity index is 955. The molecular weight excluding hydrogens is 498 g/mol. The van der Waals surface area contributed by atoms with Gasteiger partial charge >= 0.3 is 11.9 Å². The SMILES string of the molecule is COc1ccc(COC(=O)[C@@H](N[B]C=O)C(C2CC2)C2CC2)cc1.O=C[B]N[C@H](C(=O)O)C(C1CC1)C1CC1. The lowest BCUT2D eigenvalue weighted by Gasteiger charge is -2.26. The van der Waals surface area contributed by atoms with Crippen LogP contribution in [0.25, 0.3) is 0 Å². The van der Waals surface area contributed by atoms with E-state index in [1.54, 1.807) is 7.11 Å². The molecule has 0 aliphatic heterocycles. The minimum absolute atomic E-state index is 0.221. The first kappa shape index (κ1) is 29.3. The van der Waals surface area contributed by atoms with Crippen molar-refractivity contribution in [2.75, 3.05) is 7.11 Å². The molecule has 4 aliphatic rings. The van der Waals surface area contributed by atoms with Gasteiger partial charge in [0.2, 0.25) is 0 Å². The summed E-state index contributed by atoms with van der Waals surface area (Å²) in [7, 11) is 4.14. The summed E-state index contributed by atoms with van der Waals surface area (Å²) in [5, 5.41) is 14.8. The monoisotopic (exact) mass is 536 g/mol. The number of methoxy groups -OCH3 is 1. The molecule has 4 fully saturated rings. The van der Waals surface area contributed by atoms with Gasteiger partial charge in [-0.3, -0.25) is 9.59 Å². The molecule has 3 N–H and O–H groups in total. The van der Waals surface area contributed by atoms with E-state index in [2.05, 4.69) is 10.5 Å². The first-order valence-corrected chi connectivity index (χ1v) is 14.0. The molecule has 0 spiro atoms. The zero-order valence-electron chi connectivity index (χ0n) is 22.5. The van der Waals surface area contributed by atoms with E-state index < -0.39 is 18.1 Å². The third-order valence-corrected chi connectivity index (χ3v) is 8.18. The van der Waals surface area contributed by atoms with Crippen LogP contribution in [0.1, 0.15) is 56.9 Å². The Morgan fingerprint density at radius 3 is 1.67 bits per heavy atom. The Labute approximate surface area is 231 Å². The smallest absolute Gasteiger partial charge is 0.322 e. The van der Waals surface area contributed by atoms with Crippen LogP contribution in [0.3, 0.4) is 0 Å². The van der Waals surface area contributed by atoms with Crippen molar-refractivity contribution in [2.24, 2.45) is 35.5 Å². The van der Waals surface area contributed by atoms with Gasteiger partial charge in [-0.15, -0.1) is 0 Å². The molecule has 4 saturated carbocycles. The van der Waals surface area contributed by atoms with Crippen LogP contribution in [0.5, 0.6) is 5.75 Å². The molecule has 0 heterocycles. The molecule has 9 nitrogen and oxygen atoms in total. The second-order valence-corrected chi connectivity index (χ2v) is 11.2. The average molecular weight is 536 g/mol. The van der Waals surface area contributed by atoms with Gasteiger partial charge in [-0.1, -0.05) is 12.1 Å². The maximum absolute atomic E-state index is 12.6. The Morgan fingerprint density at radius 1 is 0.846 bits per heavy atom. The number of aliphatic carboxylic acids is 1. The number of ether oxygens (including phenoxy) is 2. The van der Waals surface area contributed by atoms with Crippen LogP contribution in [0.15, 0.2) is 24.3 Å². The first-order chi connectivity index (χ1) is 19.0. The van der Waals surface area contributed by atoms with E-state index in [0.717, 1.165) is 37.0 Å². The minimum atomic E-state index is -0.836. The van der Waals surface area contributed by atoms with Crippen LogP contribution >= 0.6 is 0 Å². The number of carboxylic acid groups (broad SMARTS) is 1. The van der Waals surface area contributed by atoms with E-state index in [1.807, 2.05) is 24.3 Å². The summed E-state index contributed by atoms with van der Waals surface area (Å²) in [5.74, 6) is 2.46. The molecule has 0 unspecified atom stereocenters. The molecule has 0 amide bonds. The van der Waals surface area contributed by atoms with Crippen molar-refractivity contribution >= 4 is 39.1 Å². The van der Waals surface area contributed by atoms with Gasteiger partial charge in [-0.25, -0.2) is 0 Å². The molecule has 39 heavy (non-hydrogen) atoms. The lowest BCUT2D eigenvalue weighted by Crippen LogP contribution is -2.47.